The first-order chi connectivity index (χ1) is 7.94. The van der Waals surface area contributed by atoms with Gasteiger partial charge in [0.1, 0.15) is 18.6 Å². The summed E-state index contributed by atoms with van der Waals surface area (Å²) in [5, 5.41) is 14.6. The molecule has 0 fully saturated rings. The standard InChI is InChI=1S/C6H8F2O8S/c7-6(8,17-16-15-12)5(11)14-3-4(10)13-2-1-9/h9,12H,1-3H2. The molecule has 0 bridgehead atoms. The van der Waals surface area contributed by atoms with Gasteiger partial charge in [-0.2, -0.15) is 8.78 Å². The Labute approximate surface area is 97.5 Å². The first-order valence-electron chi connectivity index (χ1n) is 3.91. The Bertz CT molecular complexity index is 260. The van der Waals surface area contributed by atoms with Gasteiger partial charge in [-0.25, -0.2) is 14.8 Å². The highest BCUT2D eigenvalue weighted by Crippen LogP contribution is 2.31. The second kappa shape index (κ2) is 8.14. The molecule has 11 heteroatoms. The lowest BCUT2D eigenvalue weighted by atomic mass is 10.6. The van der Waals surface area contributed by atoms with Gasteiger partial charge in [0.2, 0.25) is 0 Å². The average molecular weight is 278 g/mol. The van der Waals surface area contributed by atoms with E-state index < -0.39 is 42.4 Å². The lowest BCUT2D eigenvalue weighted by molar-refractivity contribution is -0.433. The highest BCUT2D eigenvalue weighted by atomic mass is 32.2. The number of aliphatic hydroxyl groups is 1. The number of esters is 2. The SMILES string of the molecule is O=C(COC(=O)C(F)(F)SOOO)OCCO. The van der Waals surface area contributed by atoms with E-state index in [0.717, 1.165) is 0 Å². The number of rotatable bonds is 8. The van der Waals surface area contributed by atoms with Crippen LogP contribution in [0.1, 0.15) is 0 Å². The first kappa shape index (κ1) is 16.0. The summed E-state index contributed by atoms with van der Waals surface area (Å²) < 4.78 is 36.8. The molecule has 8 nitrogen and oxygen atoms in total. The van der Waals surface area contributed by atoms with Crippen molar-refractivity contribution in [2.24, 2.45) is 0 Å². The van der Waals surface area contributed by atoms with Crippen LogP contribution < -0.4 is 0 Å². The van der Waals surface area contributed by atoms with Crippen molar-refractivity contribution in [1.82, 2.24) is 0 Å². The maximum atomic E-state index is 12.7. The van der Waals surface area contributed by atoms with Crippen LogP contribution in [-0.2, 0) is 28.4 Å². The molecule has 0 aliphatic carbocycles. The zero-order valence-corrected chi connectivity index (χ0v) is 8.95. The number of halogens is 2. The number of carbonyl (C=O) groups excluding carboxylic acids is 2. The summed E-state index contributed by atoms with van der Waals surface area (Å²) in [5.41, 5.74) is 0. The van der Waals surface area contributed by atoms with E-state index in [9.17, 15) is 18.4 Å². The predicted molar refractivity (Wildman–Crippen MR) is 46.3 cm³/mol. The third kappa shape index (κ3) is 7.01. The molecule has 0 saturated carbocycles. The Morgan fingerprint density at radius 2 is 1.94 bits per heavy atom. The fraction of sp³-hybridized carbons (Fsp3) is 0.667. The van der Waals surface area contributed by atoms with Crippen molar-refractivity contribution in [1.29, 1.82) is 0 Å². The normalized spacial score (nSPS) is 11.1. The zero-order valence-electron chi connectivity index (χ0n) is 8.13. The van der Waals surface area contributed by atoms with Gasteiger partial charge in [-0.05, 0) is 0 Å². The van der Waals surface area contributed by atoms with Gasteiger partial charge in [0.15, 0.2) is 6.61 Å². The Hall–Kier alpha value is -1.01. The number of hydrogen-bond donors (Lipinski definition) is 2. The molecular formula is C6H8F2O8S. The van der Waals surface area contributed by atoms with Crippen molar-refractivity contribution < 1.29 is 47.6 Å². The topological polar surface area (TPSA) is 112 Å². The van der Waals surface area contributed by atoms with Crippen molar-refractivity contribution in [3.8, 4) is 0 Å². The van der Waals surface area contributed by atoms with Crippen molar-refractivity contribution in [3.63, 3.8) is 0 Å². The summed E-state index contributed by atoms with van der Waals surface area (Å²) >= 11 is -0.816. The average Bonchev–Trinajstić information content (AvgIpc) is 2.30. The van der Waals surface area contributed by atoms with Crippen molar-refractivity contribution in [2.75, 3.05) is 19.8 Å². The molecule has 0 atom stereocenters. The summed E-state index contributed by atoms with van der Waals surface area (Å²) in [7, 11) is 0. The fourth-order valence-electron chi connectivity index (χ4n) is 0.502. The monoisotopic (exact) mass is 278 g/mol. The number of carbonyl (C=O) groups is 2. The molecule has 0 aromatic heterocycles. The highest BCUT2D eigenvalue weighted by Gasteiger charge is 2.44. The summed E-state index contributed by atoms with van der Waals surface area (Å²) in [6, 6.07) is 0. The van der Waals surface area contributed by atoms with Crippen molar-refractivity contribution in [2.45, 2.75) is 5.25 Å². The lowest BCUT2D eigenvalue weighted by Crippen LogP contribution is -2.30. The van der Waals surface area contributed by atoms with Crippen LogP contribution in [0.4, 0.5) is 8.78 Å². The molecule has 0 amide bonds. The Balaban J connectivity index is 3.95. The summed E-state index contributed by atoms with van der Waals surface area (Å²) in [4.78, 5) is 21.4. The van der Waals surface area contributed by atoms with Crippen LogP contribution in [0.2, 0.25) is 0 Å². The van der Waals surface area contributed by atoms with E-state index in [-0.39, 0.29) is 6.61 Å². The van der Waals surface area contributed by atoms with Gasteiger partial charge in [-0.15, -0.1) is 4.33 Å². The molecule has 0 aromatic carbocycles. The highest BCUT2D eigenvalue weighted by molar-refractivity contribution is 7.96. The Kier molecular flexibility index (Phi) is 7.65. The number of alkyl halides is 2. The molecule has 0 radical (unpaired) electrons. The van der Waals surface area contributed by atoms with Crippen molar-refractivity contribution in [3.05, 3.63) is 0 Å². The molecule has 17 heavy (non-hydrogen) atoms. The van der Waals surface area contributed by atoms with Crippen LogP contribution in [0, 0.1) is 0 Å². The molecule has 0 rings (SSSR count). The first-order valence-corrected chi connectivity index (χ1v) is 4.65. The maximum Gasteiger partial charge on any atom is 0.415 e. The van der Waals surface area contributed by atoms with E-state index in [2.05, 4.69) is 18.8 Å². The van der Waals surface area contributed by atoms with Crippen LogP contribution in [0.25, 0.3) is 0 Å². The van der Waals surface area contributed by atoms with E-state index in [0.29, 0.717) is 0 Å². The minimum absolute atomic E-state index is 0.344. The van der Waals surface area contributed by atoms with Gasteiger partial charge in [-0.3, -0.25) is 0 Å². The predicted octanol–water partition coefficient (Wildman–Crippen LogP) is -0.273. The van der Waals surface area contributed by atoms with E-state index in [4.69, 9.17) is 10.4 Å². The minimum Gasteiger partial charge on any atom is -0.461 e. The van der Waals surface area contributed by atoms with Gasteiger partial charge >= 0.3 is 17.2 Å². The van der Waals surface area contributed by atoms with E-state index in [1.165, 1.54) is 0 Å². The van der Waals surface area contributed by atoms with Crippen LogP contribution >= 0.6 is 12.0 Å². The quantitative estimate of drug-likeness (QED) is 0.268. The van der Waals surface area contributed by atoms with E-state index in [1.54, 1.807) is 0 Å². The Morgan fingerprint density at radius 1 is 1.29 bits per heavy atom. The van der Waals surface area contributed by atoms with E-state index >= 15 is 0 Å². The Morgan fingerprint density at radius 3 is 2.47 bits per heavy atom. The van der Waals surface area contributed by atoms with Crippen LogP contribution in [0.5, 0.6) is 0 Å². The number of ether oxygens (including phenoxy) is 2. The van der Waals surface area contributed by atoms with Gasteiger partial charge in [0.05, 0.1) is 6.61 Å². The third-order valence-corrected chi connectivity index (χ3v) is 1.59. The molecule has 0 aliphatic heterocycles. The number of hydrogen-bond acceptors (Lipinski definition) is 9. The summed E-state index contributed by atoms with van der Waals surface area (Å²) in [5.74, 6) is -3.19. The fourth-order valence-corrected chi connectivity index (χ4v) is 0.744. The van der Waals surface area contributed by atoms with Gasteiger partial charge in [-0.1, -0.05) is 5.04 Å². The summed E-state index contributed by atoms with van der Waals surface area (Å²) in [6.45, 7) is -1.84. The lowest BCUT2D eigenvalue weighted by Gasteiger charge is -2.11. The molecule has 0 aliphatic rings. The van der Waals surface area contributed by atoms with Gasteiger partial charge < -0.3 is 14.6 Å². The second-order valence-electron chi connectivity index (χ2n) is 2.26. The number of aliphatic hydroxyl groups excluding tert-OH is 1. The molecule has 0 spiro atoms. The maximum absolute atomic E-state index is 12.7. The van der Waals surface area contributed by atoms with Gasteiger partial charge in [0.25, 0.3) is 0 Å². The van der Waals surface area contributed by atoms with Crippen LogP contribution in [0.3, 0.4) is 0 Å². The molecular weight excluding hydrogens is 270 g/mol. The summed E-state index contributed by atoms with van der Waals surface area (Å²) in [6.07, 6.45) is 0. The molecule has 0 saturated heterocycles. The largest absolute Gasteiger partial charge is 0.461 e. The van der Waals surface area contributed by atoms with Crippen LogP contribution in [-0.4, -0.2) is 47.4 Å². The molecule has 0 unspecified atom stereocenters. The van der Waals surface area contributed by atoms with Crippen LogP contribution in [0.15, 0.2) is 0 Å². The second-order valence-corrected chi connectivity index (χ2v) is 3.08. The van der Waals surface area contributed by atoms with E-state index in [1.807, 2.05) is 0 Å². The smallest absolute Gasteiger partial charge is 0.415 e. The van der Waals surface area contributed by atoms with Crippen molar-refractivity contribution >= 4 is 24.0 Å². The molecule has 100 valence electrons. The molecule has 2 N–H and O–H groups in total. The molecule has 0 aromatic rings. The zero-order chi connectivity index (χ0) is 13.3. The van der Waals surface area contributed by atoms with Gasteiger partial charge in [0, 0.05) is 0 Å². The minimum atomic E-state index is -4.17. The third-order valence-electron chi connectivity index (χ3n) is 1.08. The molecule has 0 heterocycles.